The van der Waals surface area contributed by atoms with Crippen LogP contribution in [0.4, 0.5) is 0 Å². The fraction of sp³-hybridized carbons (Fsp3) is 0.667. The highest BCUT2D eigenvalue weighted by Gasteiger charge is 2.73. The Morgan fingerprint density at radius 2 is 2.06 bits per heavy atom. The van der Waals surface area contributed by atoms with Crippen LogP contribution in [0, 0.1) is 23.7 Å². The Balaban J connectivity index is 2.28. The number of carbonyl (C=O) groups is 2. The summed E-state index contributed by atoms with van der Waals surface area (Å²) < 4.78 is 0. The van der Waals surface area contributed by atoms with Crippen LogP contribution in [0.3, 0.4) is 0 Å². The van der Waals surface area contributed by atoms with E-state index in [1.807, 2.05) is 0 Å². The van der Waals surface area contributed by atoms with Gasteiger partial charge in [-0.3, -0.25) is 9.59 Å². The van der Waals surface area contributed by atoms with Crippen LogP contribution in [0.25, 0.3) is 0 Å². The van der Waals surface area contributed by atoms with E-state index in [-0.39, 0.29) is 18.3 Å². The van der Waals surface area contributed by atoms with Gasteiger partial charge in [-0.1, -0.05) is 0 Å². The molecule has 0 saturated heterocycles. The zero-order chi connectivity index (χ0) is 12.1. The molecule has 88 valence electrons. The number of hydrogen-bond acceptors (Lipinski definition) is 5. The molecule has 0 aromatic rings. The summed E-state index contributed by atoms with van der Waals surface area (Å²) in [4.78, 5) is 21.9. The lowest BCUT2D eigenvalue weighted by Crippen LogP contribution is -2.50. The number of fused-ring (bicyclic) bond motifs is 1. The predicted octanol–water partition coefficient (Wildman–Crippen LogP) is -0.805. The molecule has 2 rings (SSSR count). The Morgan fingerprint density at radius 1 is 1.44 bits per heavy atom. The summed E-state index contributed by atoms with van der Waals surface area (Å²) in [5.41, 5.74) is 4.22. The summed E-state index contributed by atoms with van der Waals surface area (Å²) in [6, 6.07) is 0. The molecular weight excluding hydrogens is 216 g/mol. The van der Waals surface area contributed by atoms with Gasteiger partial charge in [-0.25, -0.2) is 0 Å². The second-order valence-electron chi connectivity index (χ2n) is 4.45. The molecule has 2 aliphatic rings. The van der Waals surface area contributed by atoms with Gasteiger partial charge in [-0.05, 0) is 12.3 Å². The van der Waals surface area contributed by atoms with Gasteiger partial charge in [0.1, 0.15) is 5.54 Å². The Labute approximate surface area is 90.5 Å². The minimum absolute atomic E-state index is 0.117. The van der Waals surface area contributed by atoms with E-state index in [9.17, 15) is 9.59 Å². The Bertz CT molecular complexity index is 382. The molecule has 16 heavy (non-hydrogen) atoms. The van der Waals surface area contributed by atoms with Crippen molar-refractivity contribution < 1.29 is 25.0 Å². The van der Waals surface area contributed by atoms with Gasteiger partial charge in [0.05, 0.1) is 5.92 Å². The highest BCUT2D eigenvalue weighted by atomic mass is 16.4. The van der Waals surface area contributed by atoms with Gasteiger partial charge in [-0.2, -0.15) is 0 Å². The number of carboxylic acid groups (broad SMARTS) is 2. The topological polar surface area (TPSA) is 133 Å². The Kier molecular flexibility index (Phi) is 2.16. The fourth-order valence-electron chi connectivity index (χ4n) is 2.98. The molecule has 0 amide bonds. The molecule has 2 saturated carbocycles. The lowest BCUT2D eigenvalue weighted by Gasteiger charge is -2.22. The van der Waals surface area contributed by atoms with E-state index >= 15 is 0 Å². The summed E-state index contributed by atoms with van der Waals surface area (Å²) in [6.45, 7) is 0. The molecule has 0 aliphatic heterocycles. The molecule has 5 unspecified atom stereocenters. The molecule has 5 N–H and O–H groups in total. The third-order valence-electron chi connectivity index (χ3n) is 3.68. The van der Waals surface area contributed by atoms with Crippen molar-refractivity contribution >= 4 is 18.2 Å². The average Bonchev–Trinajstić information content (AvgIpc) is 2.85. The normalized spacial score (nSPS) is 45.6. The van der Waals surface area contributed by atoms with Crippen LogP contribution in [0.15, 0.2) is 5.16 Å². The van der Waals surface area contributed by atoms with E-state index < -0.39 is 29.3 Å². The molecule has 0 heterocycles. The lowest BCUT2D eigenvalue weighted by atomic mass is 9.88. The molecular formula is C9H12N2O5. The van der Waals surface area contributed by atoms with Crippen molar-refractivity contribution in [2.45, 2.75) is 12.0 Å². The summed E-state index contributed by atoms with van der Waals surface area (Å²) in [5, 5.41) is 29.2. The third kappa shape index (κ3) is 1.21. The van der Waals surface area contributed by atoms with Crippen LogP contribution >= 0.6 is 0 Å². The second kappa shape index (κ2) is 3.18. The summed E-state index contributed by atoms with van der Waals surface area (Å²) in [6.07, 6.45) is 1.30. The van der Waals surface area contributed by atoms with Gasteiger partial charge in [-0.15, -0.1) is 5.16 Å². The van der Waals surface area contributed by atoms with Gasteiger partial charge in [0.15, 0.2) is 0 Å². The van der Waals surface area contributed by atoms with E-state index in [2.05, 4.69) is 5.16 Å². The van der Waals surface area contributed by atoms with Gasteiger partial charge >= 0.3 is 11.9 Å². The number of oxime groups is 1. The largest absolute Gasteiger partial charge is 0.481 e. The quantitative estimate of drug-likeness (QED) is 0.284. The van der Waals surface area contributed by atoms with E-state index in [1.165, 1.54) is 6.21 Å². The van der Waals surface area contributed by atoms with E-state index in [4.69, 9.17) is 21.2 Å². The average molecular weight is 228 g/mol. The molecule has 2 fully saturated rings. The monoisotopic (exact) mass is 228 g/mol. The standard InChI is InChI=1S/C9H12N2O5/c10-9(8(14)15)1-3(2-11-16)4-5(6(4)9)7(12)13/h2-6,16H,1,10H2,(H,12,13)(H,14,15)/b11-2-. The van der Waals surface area contributed by atoms with Crippen molar-refractivity contribution in [3.63, 3.8) is 0 Å². The van der Waals surface area contributed by atoms with Crippen molar-refractivity contribution in [2.75, 3.05) is 0 Å². The maximum atomic E-state index is 11.1. The summed E-state index contributed by atoms with van der Waals surface area (Å²) in [7, 11) is 0. The molecule has 7 heteroatoms. The third-order valence-corrected chi connectivity index (χ3v) is 3.68. The van der Waals surface area contributed by atoms with Crippen molar-refractivity contribution in [1.29, 1.82) is 0 Å². The summed E-state index contributed by atoms with van der Waals surface area (Å²) in [5.74, 6) is -4.24. The van der Waals surface area contributed by atoms with Crippen LogP contribution in [0.1, 0.15) is 6.42 Å². The van der Waals surface area contributed by atoms with Gasteiger partial charge in [0.25, 0.3) is 0 Å². The zero-order valence-corrected chi connectivity index (χ0v) is 8.28. The molecule has 2 aliphatic carbocycles. The number of nitrogens with two attached hydrogens (primary N) is 1. The second-order valence-corrected chi connectivity index (χ2v) is 4.45. The minimum Gasteiger partial charge on any atom is -0.481 e. The molecule has 7 nitrogen and oxygen atoms in total. The maximum Gasteiger partial charge on any atom is 0.324 e. The van der Waals surface area contributed by atoms with Crippen molar-refractivity contribution in [1.82, 2.24) is 0 Å². The first-order valence-electron chi connectivity index (χ1n) is 4.86. The molecule has 5 atom stereocenters. The first-order valence-corrected chi connectivity index (χ1v) is 4.86. The number of rotatable bonds is 3. The minimum atomic E-state index is -1.51. The Hall–Kier alpha value is -1.63. The van der Waals surface area contributed by atoms with Crippen LogP contribution < -0.4 is 5.73 Å². The highest BCUT2D eigenvalue weighted by molar-refractivity contribution is 5.87. The van der Waals surface area contributed by atoms with Crippen LogP contribution in [-0.4, -0.2) is 39.1 Å². The number of nitrogens with zero attached hydrogens (tertiary/aromatic N) is 1. The fourth-order valence-corrected chi connectivity index (χ4v) is 2.98. The van der Waals surface area contributed by atoms with E-state index in [0.29, 0.717) is 0 Å². The van der Waals surface area contributed by atoms with Gasteiger partial charge in [0.2, 0.25) is 0 Å². The predicted molar refractivity (Wildman–Crippen MR) is 51.0 cm³/mol. The van der Waals surface area contributed by atoms with E-state index in [0.717, 1.165) is 0 Å². The number of aliphatic carboxylic acids is 2. The highest BCUT2D eigenvalue weighted by Crippen LogP contribution is 2.63. The van der Waals surface area contributed by atoms with Crippen molar-refractivity contribution in [2.24, 2.45) is 34.6 Å². The number of hydrogen-bond donors (Lipinski definition) is 4. The SMILES string of the molecule is NC1(C(=O)O)CC(/C=N\O)C2C(C(=O)O)C21. The molecule has 0 spiro atoms. The van der Waals surface area contributed by atoms with Crippen LogP contribution in [0.5, 0.6) is 0 Å². The molecule has 0 aromatic carbocycles. The van der Waals surface area contributed by atoms with Crippen LogP contribution in [-0.2, 0) is 9.59 Å². The first kappa shape index (κ1) is 10.9. The van der Waals surface area contributed by atoms with Crippen molar-refractivity contribution in [3.05, 3.63) is 0 Å². The first-order chi connectivity index (χ1) is 7.43. The van der Waals surface area contributed by atoms with Gasteiger partial charge in [0, 0.05) is 18.1 Å². The van der Waals surface area contributed by atoms with E-state index in [1.54, 1.807) is 0 Å². The number of carboxylic acids is 2. The Morgan fingerprint density at radius 3 is 2.50 bits per heavy atom. The zero-order valence-electron chi connectivity index (χ0n) is 8.28. The molecule has 0 aromatic heterocycles. The smallest absolute Gasteiger partial charge is 0.324 e. The molecule has 0 bridgehead atoms. The van der Waals surface area contributed by atoms with Gasteiger partial charge < -0.3 is 21.2 Å². The molecule has 0 radical (unpaired) electrons. The van der Waals surface area contributed by atoms with Crippen molar-refractivity contribution in [3.8, 4) is 0 Å². The lowest BCUT2D eigenvalue weighted by molar-refractivity contribution is -0.145. The maximum absolute atomic E-state index is 11.1. The van der Waals surface area contributed by atoms with Crippen LogP contribution in [0.2, 0.25) is 0 Å². The summed E-state index contributed by atoms with van der Waals surface area (Å²) >= 11 is 0.